The van der Waals surface area contributed by atoms with Crippen LogP contribution in [0.2, 0.25) is 0 Å². The Labute approximate surface area is 141 Å². The van der Waals surface area contributed by atoms with Crippen molar-refractivity contribution in [3.8, 4) is 0 Å². The first-order valence-corrected chi connectivity index (χ1v) is 9.52. The molecule has 0 aromatic heterocycles. The van der Waals surface area contributed by atoms with E-state index in [1.807, 2.05) is 0 Å². The van der Waals surface area contributed by atoms with E-state index in [0.717, 1.165) is 19.3 Å². The summed E-state index contributed by atoms with van der Waals surface area (Å²) in [6.45, 7) is 2.24. The molecule has 0 rings (SSSR count). The summed E-state index contributed by atoms with van der Waals surface area (Å²) in [7, 11) is 0. The largest absolute Gasteiger partial charge is 0.481 e. The fourth-order valence-electron chi connectivity index (χ4n) is 2.93. The van der Waals surface area contributed by atoms with Crippen molar-refractivity contribution in [2.24, 2.45) is 5.92 Å². The molecule has 0 bridgehead atoms. The van der Waals surface area contributed by atoms with E-state index in [4.69, 9.17) is 10.2 Å². The van der Waals surface area contributed by atoms with Gasteiger partial charge in [0.1, 0.15) is 0 Å². The van der Waals surface area contributed by atoms with E-state index in [1.54, 1.807) is 0 Å². The molecule has 0 saturated heterocycles. The summed E-state index contributed by atoms with van der Waals surface area (Å²) in [6, 6.07) is 0. The molecule has 0 aliphatic carbocycles. The predicted molar refractivity (Wildman–Crippen MR) is 93.7 cm³/mol. The van der Waals surface area contributed by atoms with Gasteiger partial charge in [0.25, 0.3) is 0 Å². The van der Waals surface area contributed by atoms with Gasteiger partial charge in [0, 0.05) is 0 Å². The molecule has 2 N–H and O–H groups in total. The van der Waals surface area contributed by atoms with Crippen LogP contribution in [0.5, 0.6) is 0 Å². The molecule has 0 amide bonds. The van der Waals surface area contributed by atoms with Crippen LogP contribution in [0.3, 0.4) is 0 Å². The third-order valence-corrected chi connectivity index (χ3v) is 4.43. The topological polar surface area (TPSA) is 74.6 Å². The van der Waals surface area contributed by atoms with Crippen LogP contribution in [-0.4, -0.2) is 22.2 Å². The van der Waals surface area contributed by atoms with Crippen LogP contribution in [-0.2, 0) is 9.59 Å². The van der Waals surface area contributed by atoms with Crippen LogP contribution >= 0.6 is 0 Å². The number of carboxylic acids is 2. The van der Waals surface area contributed by atoms with Crippen LogP contribution in [0, 0.1) is 5.92 Å². The Balaban J connectivity index is 3.32. The van der Waals surface area contributed by atoms with Gasteiger partial charge in [-0.05, 0) is 6.42 Å². The zero-order valence-electron chi connectivity index (χ0n) is 14.9. The maximum atomic E-state index is 10.9. The van der Waals surface area contributed by atoms with Crippen LogP contribution in [0.25, 0.3) is 0 Å². The lowest BCUT2D eigenvalue weighted by molar-refractivity contribution is -0.148. The highest BCUT2D eigenvalue weighted by molar-refractivity contribution is 5.77. The van der Waals surface area contributed by atoms with Gasteiger partial charge in [-0.1, -0.05) is 90.4 Å². The molecule has 0 fully saturated rings. The van der Waals surface area contributed by atoms with Gasteiger partial charge in [0.2, 0.25) is 0 Å². The van der Waals surface area contributed by atoms with Crippen molar-refractivity contribution in [1.82, 2.24) is 0 Å². The van der Waals surface area contributed by atoms with Gasteiger partial charge >= 0.3 is 11.9 Å². The van der Waals surface area contributed by atoms with E-state index in [-0.39, 0.29) is 6.42 Å². The summed E-state index contributed by atoms with van der Waals surface area (Å²) < 4.78 is 0. The number of hydrogen-bond acceptors (Lipinski definition) is 2. The minimum absolute atomic E-state index is 0.256. The van der Waals surface area contributed by atoms with Crippen LogP contribution < -0.4 is 0 Å². The second kappa shape index (κ2) is 15.8. The molecule has 0 spiro atoms. The number of aliphatic carboxylic acids is 2. The van der Waals surface area contributed by atoms with Crippen molar-refractivity contribution in [2.45, 2.75) is 103 Å². The number of hydrogen-bond donors (Lipinski definition) is 2. The van der Waals surface area contributed by atoms with Crippen molar-refractivity contribution in [1.29, 1.82) is 0 Å². The summed E-state index contributed by atoms with van der Waals surface area (Å²) in [6.07, 6.45) is 16.5. The molecule has 23 heavy (non-hydrogen) atoms. The Hall–Kier alpha value is -1.06. The molecule has 0 saturated carbocycles. The maximum Gasteiger partial charge on any atom is 0.307 e. The number of carboxylic acid groups (broad SMARTS) is 2. The Morgan fingerprint density at radius 2 is 1.09 bits per heavy atom. The lowest BCUT2D eigenvalue weighted by Gasteiger charge is -2.09. The molecule has 1 unspecified atom stereocenters. The van der Waals surface area contributed by atoms with Crippen molar-refractivity contribution >= 4 is 11.9 Å². The Morgan fingerprint density at radius 1 is 0.696 bits per heavy atom. The predicted octanol–water partition coefficient (Wildman–Crippen LogP) is 5.64. The van der Waals surface area contributed by atoms with Gasteiger partial charge < -0.3 is 10.2 Å². The maximum absolute atomic E-state index is 10.9. The molecular weight excluding hydrogens is 292 g/mol. The molecule has 0 aliphatic rings. The van der Waals surface area contributed by atoms with E-state index in [9.17, 15) is 9.59 Å². The lowest BCUT2D eigenvalue weighted by atomic mass is 9.97. The molecule has 4 nitrogen and oxygen atoms in total. The summed E-state index contributed by atoms with van der Waals surface area (Å²) in [5.41, 5.74) is 0. The third kappa shape index (κ3) is 15.6. The van der Waals surface area contributed by atoms with Crippen molar-refractivity contribution < 1.29 is 19.8 Å². The number of carbonyl (C=O) groups is 2. The quantitative estimate of drug-likeness (QED) is 0.339. The van der Waals surface area contributed by atoms with E-state index < -0.39 is 17.9 Å². The van der Waals surface area contributed by atoms with Gasteiger partial charge in [-0.3, -0.25) is 9.59 Å². The Bertz CT molecular complexity index is 302. The van der Waals surface area contributed by atoms with E-state index in [2.05, 4.69) is 6.92 Å². The van der Waals surface area contributed by atoms with Crippen LogP contribution in [0.1, 0.15) is 103 Å². The second-order valence-corrected chi connectivity index (χ2v) is 6.66. The third-order valence-electron chi connectivity index (χ3n) is 4.43. The number of unbranched alkanes of at least 4 members (excludes halogenated alkanes) is 12. The van der Waals surface area contributed by atoms with Crippen LogP contribution in [0.4, 0.5) is 0 Å². The molecule has 1 atom stereocenters. The van der Waals surface area contributed by atoms with Crippen molar-refractivity contribution in [3.63, 3.8) is 0 Å². The van der Waals surface area contributed by atoms with Crippen molar-refractivity contribution in [3.05, 3.63) is 0 Å². The first-order valence-electron chi connectivity index (χ1n) is 9.52. The highest BCUT2D eigenvalue weighted by Crippen LogP contribution is 2.16. The Kier molecular flexibility index (Phi) is 15.1. The fraction of sp³-hybridized carbons (Fsp3) is 0.895. The molecule has 0 aromatic rings. The van der Waals surface area contributed by atoms with Gasteiger partial charge in [0.15, 0.2) is 0 Å². The highest BCUT2D eigenvalue weighted by Gasteiger charge is 2.20. The molecule has 0 aromatic carbocycles. The van der Waals surface area contributed by atoms with Crippen LogP contribution in [0.15, 0.2) is 0 Å². The van der Waals surface area contributed by atoms with Crippen molar-refractivity contribution in [2.75, 3.05) is 0 Å². The lowest BCUT2D eigenvalue weighted by Crippen LogP contribution is -2.17. The van der Waals surface area contributed by atoms with Gasteiger partial charge in [-0.25, -0.2) is 0 Å². The molecule has 0 radical (unpaired) electrons. The monoisotopic (exact) mass is 328 g/mol. The normalized spacial score (nSPS) is 12.2. The summed E-state index contributed by atoms with van der Waals surface area (Å²) in [5.74, 6) is -2.72. The standard InChI is InChI=1S/C19H36O4/c1-2-3-4-5-6-7-8-9-10-11-12-13-14-15-17(19(22)23)16-18(20)21/h17H,2-16H2,1H3,(H,20,21)(H,22,23). The summed E-state index contributed by atoms with van der Waals surface area (Å²) >= 11 is 0. The molecule has 0 heterocycles. The smallest absolute Gasteiger partial charge is 0.307 e. The minimum Gasteiger partial charge on any atom is -0.481 e. The van der Waals surface area contributed by atoms with E-state index in [1.165, 1.54) is 64.2 Å². The summed E-state index contributed by atoms with van der Waals surface area (Å²) in [5, 5.41) is 17.6. The summed E-state index contributed by atoms with van der Waals surface area (Å²) in [4.78, 5) is 21.5. The number of rotatable bonds is 17. The average molecular weight is 328 g/mol. The fourth-order valence-corrected chi connectivity index (χ4v) is 2.93. The van der Waals surface area contributed by atoms with Gasteiger partial charge in [-0.15, -0.1) is 0 Å². The first kappa shape index (κ1) is 21.9. The molecule has 0 aliphatic heterocycles. The molecular formula is C19H36O4. The molecule has 4 heteroatoms. The van der Waals surface area contributed by atoms with Gasteiger partial charge in [0.05, 0.1) is 12.3 Å². The zero-order chi connectivity index (χ0) is 17.3. The molecule has 136 valence electrons. The Morgan fingerprint density at radius 3 is 1.43 bits per heavy atom. The van der Waals surface area contributed by atoms with E-state index in [0.29, 0.717) is 6.42 Å². The second-order valence-electron chi connectivity index (χ2n) is 6.66. The SMILES string of the molecule is CCCCCCCCCCCCCCCC(CC(=O)O)C(=O)O. The van der Waals surface area contributed by atoms with Gasteiger partial charge in [-0.2, -0.15) is 0 Å². The highest BCUT2D eigenvalue weighted by atomic mass is 16.4. The average Bonchev–Trinajstić information content (AvgIpc) is 2.50. The van der Waals surface area contributed by atoms with E-state index >= 15 is 0 Å². The minimum atomic E-state index is -1.02. The zero-order valence-corrected chi connectivity index (χ0v) is 14.9. The first-order chi connectivity index (χ1) is 11.1.